The van der Waals surface area contributed by atoms with Gasteiger partial charge in [-0.05, 0) is 26.0 Å². The van der Waals surface area contributed by atoms with Crippen LogP contribution in [0, 0.1) is 0 Å². The Morgan fingerprint density at radius 1 is 1.06 bits per heavy atom. The van der Waals surface area contributed by atoms with E-state index in [1.807, 2.05) is 25.1 Å². The Bertz CT molecular complexity index is 355. The van der Waals surface area contributed by atoms with Crippen LogP contribution >= 0.6 is 0 Å². The third-order valence-corrected chi connectivity index (χ3v) is 2.87. The van der Waals surface area contributed by atoms with Crippen LogP contribution in [0.5, 0.6) is 11.5 Å². The number of methoxy groups -OCH3 is 3. The van der Waals surface area contributed by atoms with E-state index in [1.54, 1.807) is 21.3 Å². The van der Waals surface area contributed by atoms with Crippen molar-refractivity contribution >= 4 is 5.69 Å². The average molecular weight is 239 g/mol. The first-order valence-corrected chi connectivity index (χ1v) is 5.63. The van der Waals surface area contributed by atoms with E-state index in [9.17, 15) is 0 Å². The SMILES string of the molecule is COc1ccc(OC)c(NC(C)C(C)OC)c1. The van der Waals surface area contributed by atoms with Gasteiger partial charge in [-0.15, -0.1) is 0 Å². The van der Waals surface area contributed by atoms with Crippen LogP contribution in [0.2, 0.25) is 0 Å². The van der Waals surface area contributed by atoms with Crippen LogP contribution in [0.15, 0.2) is 18.2 Å². The zero-order chi connectivity index (χ0) is 12.8. The molecule has 1 N–H and O–H groups in total. The predicted molar refractivity (Wildman–Crippen MR) is 69.1 cm³/mol. The topological polar surface area (TPSA) is 39.7 Å². The molecule has 0 saturated heterocycles. The van der Waals surface area contributed by atoms with Crippen molar-refractivity contribution in [2.75, 3.05) is 26.6 Å². The first kappa shape index (κ1) is 13.6. The van der Waals surface area contributed by atoms with E-state index in [2.05, 4.69) is 12.2 Å². The smallest absolute Gasteiger partial charge is 0.142 e. The highest BCUT2D eigenvalue weighted by Gasteiger charge is 2.13. The molecule has 0 fully saturated rings. The van der Waals surface area contributed by atoms with Crippen molar-refractivity contribution < 1.29 is 14.2 Å². The Balaban J connectivity index is 2.87. The normalized spacial score (nSPS) is 13.9. The molecule has 17 heavy (non-hydrogen) atoms. The van der Waals surface area contributed by atoms with Crippen molar-refractivity contribution in [1.82, 2.24) is 0 Å². The molecule has 1 aromatic rings. The van der Waals surface area contributed by atoms with E-state index in [4.69, 9.17) is 14.2 Å². The van der Waals surface area contributed by atoms with Gasteiger partial charge in [-0.3, -0.25) is 0 Å². The molecule has 4 nitrogen and oxygen atoms in total. The summed E-state index contributed by atoms with van der Waals surface area (Å²) < 4.78 is 15.8. The second kappa shape index (κ2) is 6.35. The van der Waals surface area contributed by atoms with Crippen LogP contribution in [-0.2, 0) is 4.74 Å². The lowest BCUT2D eigenvalue weighted by molar-refractivity contribution is 0.106. The molecular formula is C13H21NO3. The molecule has 0 bridgehead atoms. The summed E-state index contributed by atoms with van der Waals surface area (Å²) in [6.07, 6.45) is 0.117. The summed E-state index contributed by atoms with van der Waals surface area (Å²) in [5.74, 6) is 1.59. The molecule has 0 radical (unpaired) electrons. The molecule has 0 aliphatic heterocycles. The van der Waals surface area contributed by atoms with Gasteiger partial charge < -0.3 is 19.5 Å². The Morgan fingerprint density at radius 2 is 1.76 bits per heavy atom. The molecule has 4 heteroatoms. The summed E-state index contributed by atoms with van der Waals surface area (Å²) in [4.78, 5) is 0. The zero-order valence-electron chi connectivity index (χ0n) is 11.1. The van der Waals surface area contributed by atoms with Gasteiger partial charge in [0.1, 0.15) is 11.5 Å². The molecule has 2 unspecified atom stereocenters. The van der Waals surface area contributed by atoms with Crippen molar-refractivity contribution in [3.63, 3.8) is 0 Å². The number of nitrogens with one attached hydrogen (secondary N) is 1. The van der Waals surface area contributed by atoms with Crippen LogP contribution in [0.4, 0.5) is 5.69 Å². The van der Waals surface area contributed by atoms with Gasteiger partial charge in [0.25, 0.3) is 0 Å². The number of hydrogen-bond acceptors (Lipinski definition) is 4. The third-order valence-electron chi connectivity index (χ3n) is 2.87. The van der Waals surface area contributed by atoms with Gasteiger partial charge in [-0.25, -0.2) is 0 Å². The first-order chi connectivity index (χ1) is 8.12. The molecule has 0 saturated carbocycles. The molecule has 0 heterocycles. The van der Waals surface area contributed by atoms with Crippen molar-refractivity contribution in [2.45, 2.75) is 26.0 Å². The zero-order valence-corrected chi connectivity index (χ0v) is 11.1. The summed E-state index contributed by atoms with van der Waals surface area (Å²) in [5.41, 5.74) is 0.906. The lowest BCUT2D eigenvalue weighted by Gasteiger charge is -2.22. The minimum absolute atomic E-state index is 0.117. The van der Waals surface area contributed by atoms with Gasteiger partial charge >= 0.3 is 0 Å². The molecule has 0 amide bonds. The maximum Gasteiger partial charge on any atom is 0.142 e. The molecule has 0 aliphatic rings. The summed E-state index contributed by atoms with van der Waals surface area (Å²) in [5, 5.41) is 3.36. The predicted octanol–water partition coefficient (Wildman–Crippen LogP) is 2.54. The quantitative estimate of drug-likeness (QED) is 0.828. The van der Waals surface area contributed by atoms with E-state index in [0.29, 0.717) is 0 Å². The number of benzene rings is 1. The van der Waals surface area contributed by atoms with Gasteiger partial charge in [-0.1, -0.05) is 0 Å². The van der Waals surface area contributed by atoms with Crippen LogP contribution in [0.25, 0.3) is 0 Å². The van der Waals surface area contributed by atoms with E-state index >= 15 is 0 Å². The second-order valence-corrected chi connectivity index (χ2v) is 3.94. The van der Waals surface area contributed by atoms with Gasteiger partial charge in [0.15, 0.2) is 0 Å². The molecular weight excluding hydrogens is 218 g/mol. The van der Waals surface area contributed by atoms with E-state index < -0.39 is 0 Å². The van der Waals surface area contributed by atoms with Crippen molar-refractivity contribution in [1.29, 1.82) is 0 Å². The molecule has 0 spiro atoms. The van der Waals surface area contributed by atoms with Crippen LogP contribution in [0.1, 0.15) is 13.8 Å². The van der Waals surface area contributed by atoms with Crippen molar-refractivity contribution in [2.24, 2.45) is 0 Å². The van der Waals surface area contributed by atoms with E-state index in [0.717, 1.165) is 17.2 Å². The summed E-state index contributed by atoms with van der Waals surface area (Å²) >= 11 is 0. The number of ether oxygens (including phenoxy) is 3. The largest absolute Gasteiger partial charge is 0.497 e. The Labute approximate surface area is 103 Å². The van der Waals surface area contributed by atoms with Crippen molar-refractivity contribution in [3.05, 3.63) is 18.2 Å². The molecule has 1 rings (SSSR count). The molecule has 0 aliphatic carbocycles. The molecule has 1 aromatic carbocycles. The highest BCUT2D eigenvalue weighted by Crippen LogP contribution is 2.29. The minimum Gasteiger partial charge on any atom is -0.497 e. The lowest BCUT2D eigenvalue weighted by atomic mass is 10.2. The van der Waals surface area contributed by atoms with Gasteiger partial charge in [0.2, 0.25) is 0 Å². The summed E-state index contributed by atoms with van der Waals surface area (Å²) in [6, 6.07) is 5.85. The highest BCUT2D eigenvalue weighted by molar-refractivity contribution is 5.60. The van der Waals surface area contributed by atoms with E-state index in [-0.39, 0.29) is 12.1 Å². The monoisotopic (exact) mass is 239 g/mol. The summed E-state index contributed by atoms with van der Waals surface area (Å²) in [6.45, 7) is 4.08. The molecule has 0 aromatic heterocycles. The minimum atomic E-state index is 0.117. The first-order valence-electron chi connectivity index (χ1n) is 5.63. The fourth-order valence-corrected chi connectivity index (χ4v) is 1.49. The van der Waals surface area contributed by atoms with Gasteiger partial charge in [-0.2, -0.15) is 0 Å². The Hall–Kier alpha value is -1.42. The van der Waals surface area contributed by atoms with Gasteiger partial charge in [0.05, 0.1) is 26.0 Å². The van der Waals surface area contributed by atoms with Crippen LogP contribution < -0.4 is 14.8 Å². The fourth-order valence-electron chi connectivity index (χ4n) is 1.49. The van der Waals surface area contributed by atoms with Gasteiger partial charge in [0, 0.05) is 19.2 Å². The number of hydrogen-bond donors (Lipinski definition) is 1. The molecule has 2 atom stereocenters. The average Bonchev–Trinajstić information content (AvgIpc) is 2.37. The Kier molecular flexibility index (Phi) is 5.10. The standard InChI is InChI=1S/C13H21NO3/c1-9(10(2)15-3)14-12-8-11(16-4)6-7-13(12)17-5/h6-10,14H,1-5H3. The second-order valence-electron chi connectivity index (χ2n) is 3.94. The van der Waals surface area contributed by atoms with Crippen molar-refractivity contribution in [3.8, 4) is 11.5 Å². The highest BCUT2D eigenvalue weighted by atomic mass is 16.5. The van der Waals surface area contributed by atoms with Crippen LogP contribution in [-0.4, -0.2) is 33.5 Å². The molecule has 96 valence electrons. The number of rotatable bonds is 6. The maximum atomic E-state index is 5.30. The van der Waals surface area contributed by atoms with E-state index in [1.165, 1.54) is 0 Å². The maximum absolute atomic E-state index is 5.30. The lowest BCUT2D eigenvalue weighted by Crippen LogP contribution is -2.29. The Morgan fingerprint density at radius 3 is 2.29 bits per heavy atom. The third kappa shape index (κ3) is 3.53. The number of anilines is 1. The fraction of sp³-hybridized carbons (Fsp3) is 0.538. The van der Waals surface area contributed by atoms with Crippen LogP contribution in [0.3, 0.4) is 0 Å². The summed E-state index contributed by atoms with van der Waals surface area (Å²) in [7, 11) is 5.00.